The van der Waals surface area contributed by atoms with Crippen LogP contribution in [0.1, 0.15) is 17.5 Å². The van der Waals surface area contributed by atoms with Crippen LogP contribution in [0.2, 0.25) is 0 Å². The number of ether oxygens (including phenoxy) is 2. The van der Waals surface area contributed by atoms with Crippen molar-refractivity contribution in [1.82, 2.24) is 4.90 Å². The average Bonchev–Trinajstić information content (AvgIpc) is 2.62. The predicted octanol–water partition coefficient (Wildman–Crippen LogP) is 3.98. The van der Waals surface area contributed by atoms with Crippen molar-refractivity contribution in [2.45, 2.75) is 31.5 Å². The van der Waals surface area contributed by atoms with E-state index in [2.05, 4.69) is 41.3 Å². The molecule has 136 valence electrons. The minimum absolute atomic E-state index is 0.245. The summed E-state index contributed by atoms with van der Waals surface area (Å²) in [6.07, 6.45) is 4.04. The molecule has 0 aliphatic carbocycles. The molecular weight excluding hydrogens is 329 g/mol. The van der Waals surface area contributed by atoms with E-state index in [0.717, 1.165) is 38.2 Å². The van der Waals surface area contributed by atoms with Crippen molar-refractivity contribution < 1.29 is 13.9 Å². The Balaban J connectivity index is 1.52. The largest absolute Gasteiger partial charge is 0.497 e. The van der Waals surface area contributed by atoms with Gasteiger partial charge >= 0.3 is 0 Å². The summed E-state index contributed by atoms with van der Waals surface area (Å²) in [5.74, 6) is 0.329. The van der Waals surface area contributed by atoms with Gasteiger partial charge in [-0.2, -0.15) is 0 Å². The Hall–Kier alpha value is -2.17. The van der Waals surface area contributed by atoms with E-state index >= 15 is 0 Å². The van der Waals surface area contributed by atoms with Crippen molar-refractivity contribution in [3.8, 4) is 5.75 Å². The number of fused-ring (bicyclic) bond motifs is 2. The Morgan fingerprint density at radius 3 is 2.73 bits per heavy atom. The average molecular weight is 353 g/mol. The molecule has 3 nitrogen and oxygen atoms in total. The molecule has 2 aliphatic rings. The number of benzene rings is 2. The lowest BCUT2D eigenvalue weighted by molar-refractivity contribution is -0.0440. The Morgan fingerprint density at radius 2 is 1.96 bits per heavy atom. The van der Waals surface area contributed by atoms with Crippen molar-refractivity contribution in [2.24, 2.45) is 0 Å². The van der Waals surface area contributed by atoms with E-state index in [9.17, 15) is 4.39 Å². The predicted molar refractivity (Wildman–Crippen MR) is 99.7 cm³/mol. The summed E-state index contributed by atoms with van der Waals surface area (Å²) in [5, 5.41) is 0. The Morgan fingerprint density at radius 1 is 1.12 bits per heavy atom. The monoisotopic (exact) mass is 353 g/mol. The zero-order valence-corrected chi connectivity index (χ0v) is 15.0. The molecule has 1 fully saturated rings. The SMILES string of the molecule is COc1cc(F)cc(CC2=CC3COCC(C2)N3Cc2ccccc2)c1. The molecule has 2 atom stereocenters. The maximum Gasteiger partial charge on any atom is 0.127 e. The normalized spacial score (nSPS) is 22.8. The minimum atomic E-state index is -0.245. The zero-order valence-electron chi connectivity index (χ0n) is 15.0. The molecule has 4 rings (SSSR count). The second-order valence-electron chi connectivity index (χ2n) is 7.12. The molecule has 2 bridgehead atoms. The molecule has 26 heavy (non-hydrogen) atoms. The van der Waals surface area contributed by atoms with Gasteiger partial charge in [0.25, 0.3) is 0 Å². The van der Waals surface area contributed by atoms with Crippen LogP contribution in [0.15, 0.2) is 60.2 Å². The van der Waals surface area contributed by atoms with Crippen LogP contribution in [-0.2, 0) is 17.7 Å². The van der Waals surface area contributed by atoms with E-state index in [1.165, 1.54) is 17.2 Å². The van der Waals surface area contributed by atoms with Gasteiger partial charge in [-0.15, -0.1) is 0 Å². The summed E-state index contributed by atoms with van der Waals surface area (Å²) >= 11 is 0. The van der Waals surface area contributed by atoms with Crippen LogP contribution in [0.25, 0.3) is 0 Å². The minimum Gasteiger partial charge on any atom is -0.497 e. The van der Waals surface area contributed by atoms with E-state index in [1.807, 2.05) is 6.07 Å². The molecule has 2 aromatic carbocycles. The summed E-state index contributed by atoms with van der Waals surface area (Å²) in [5.41, 5.74) is 3.65. The van der Waals surface area contributed by atoms with Crippen molar-refractivity contribution in [1.29, 1.82) is 0 Å². The number of halogens is 1. The fraction of sp³-hybridized carbons (Fsp3) is 0.364. The van der Waals surface area contributed by atoms with Crippen LogP contribution in [0, 0.1) is 5.82 Å². The third-order valence-electron chi connectivity index (χ3n) is 5.23. The lowest BCUT2D eigenvalue weighted by Crippen LogP contribution is -2.53. The van der Waals surface area contributed by atoms with E-state index in [1.54, 1.807) is 13.2 Å². The summed E-state index contributed by atoms with van der Waals surface area (Å²) in [4.78, 5) is 2.54. The topological polar surface area (TPSA) is 21.7 Å². The van der Waals surface area contributed by atoms with Gasteiger partial charge in [0.15, 0.2) is 0 Å². The molecule has 0 saturated carbocycles. The smallest absolute Gasteiger partial charge is 0.127 e. The summed E-state index contributed by atoms with van der Waals surface area (Å²) in [6, 6.07) is 16.2. The number of rotatable bonds is 5. The van der Waals surface area contributed by atoms with Crippen molar-refractivity contribution >= 4 is 0 Å². The molecule has 0 N–H and O–H groups in total. The van der Waals surface area contributed by atoms with E-state index in [0.29, 0.717) is 11.8 Å². The Bertz CT molecular complexity index is 790. The van der Waals surface area contributed by atoms with Gasteiger partial charge in [-0.25, -0.2) is 4.39 Å². The number of methoxy groups -OCH3 is 1. The molecule has 1 saturated heterocycles. The van der Waals surface area contributed by atoms with Crippen LogP contribution in [-0.4, -0.2) is 37.3 Å². The van der Waals surface area contributed by atoms with Crippen molar-refractivity contribution in [3.63, 3.8) is 0 Å². The molecule has 0 aromatic heterocycles. The van der Waals surface area contributed by atoms with Gasteiger partial charge in [0.1, 0.15) is 11.6 Å². The third-order valence-corrected chi connectivity index (χ3v) is 5.23. The van der Waals surface area contributed by atoms with Crippen LogP contribution in [0.3, 0.4) is 0 Å². The van der Waals surface area contributed by atoms with Gasteiger partial charge in [0.05, 0.1) is 26.4 Å². The van der Waals surface area contributed by atoms with Crippen LogP contribution >= 0.6 is 0 Å². The number of hydrogen-bond acceptors (Lipinski definition) is 3. The highest BCUT2D eigenvalue weighted by Gasteiger charge is 2.34. The van der Waals surface area contributed by atoms with Gasteiger partial charge < -0.3 is 9.47 Å². The van der Waals surface area contributed by atoms with Crippen molar-refractivity contribution in [2.75, 3.05) is 20.3 Å². The van der Waals surface area contributed by atoms with Gasteiger partial charge in [-0.3, -0.25) is 4.90 Å². The molecule has 0 radical (unpaired) electrons. The van der Waals surface area contributed by atoms with Crippen LogP contribution in [0.5, 0.6) is 5.75 Å². The number of hydrogen-bond donors (Lipinski definition) is 0. The Kier molecular flexibility index (Phi) is 5.05. The first kappa shape index (κ1) is 17.3. The summed E-state index contributed by atoms with van der Waals surface area (Å²) in [7, 11) is 1.57. The lowest BCUT2D eigenvalue weighted by Gasteiger charge is -2.45. The molecule has 2 unspecified atom stereocenters. The highest BCUT2D eigenvalue weighted by molar-refractivity contribution is 5.33. The van der Waals surface area contributed by atoms with E-state index < -0.39 is 0 Å². The van der Waals surface area contributed by atoms with E-state index in [-0.39, 0.29) is 11.9 Å². The maximum atomic E-state index is 13.8. The molecule has 0 amide bonds. The third kappa shape index (κ3) is 3.81. The summed E-state index contributed by atoms with van der Waals surface area (Å²) < 4.78 is 24.8. The first-order valence-corrected chi connectivity index (χ1v) is 9.12. The van der Waals surface area contributed by atoms with Gasteiger partial charge in [0, 0.05) is 18.7 Å². The van der Waals surface area contributed by atoms with Gasteiger partial charge in [-0.05, 0) is 36.1 Å². The quantitative estimate of drug-likeness (QED) is 0.759. The highest BCUT2D eigenvalue weighted by atomic mass is 19.1. The fourth-order valence-electron chi connectivity index (χ4n) is 4.02. The Labute approximate surface area is 154 Å². The van der Waals surface area contributed by atoms with Gasteiger partial charge in [-0.1, -0.05) is 42.0 Å². The molecule has 2 heterocycles. The molecule has 0 spiro atoms. The fourth-order valence-corrected chi connectivity index (χ4v) is 4.02. The lowest BCUT2D eigenvalue weighted by atomic mass is 9.89. The molecule has 2 aromatic rings. The number of nitrogens with zero attached hydrogens (tertiary/aromatic N) is 1. The second-order valence-corrected chi connectivity index (χ2v) is 7.12. The van der Waals surface area contributed by atoms with Crippen LogP contribution in [0.4, 0.5) is 4.39 Å². The standard InChI is InChI=1S/C22H24FNO2/c1-25-22-11-17(8-19(23)12-22)7-18-9-20-14-26-15-21(10-18)24(20)13-16-5-3-2-4-6-16/h2-6,8-9,11-12,20-21H,7,10,13-15H2,1H3. The first-order chi connectivity index (χ1) is 12.7. The van der Waals surface area contributed by atoms with Crippen molar-refractivity contribution in [3.05, 3.63) is 77.1 Å². The maximum absolute atomic E-state index is 13.8. The second kappa shape index (κ2) is 7.60. The van der Waals surface area contributed by atoms with Crippen LogP contribution < -0.4 is 4.74 Å². The molecular formula is C22H24FNO2. The van der Waals surface area contributed by atoms with Gasteiger partial charge in [0.2, 0.25) is 0 Å². The number of morpholine rings is 1. The summed E-state index contributed by atoms with van der Waals surface area (Å²) in [6.45, 7) is 2.42. The first-order valence-electron chi connectivity index (χ1n) is 9.12. The molecule has 4 heteroatoms. The highest BCUT2D eigenvalue weighted by Crippen LogP contribution is 2.31. The zero-order chi connectivity index (χ0) is 17.9. The molecule has 2 aliphatic heterocycles. The van der Waals surface area contributed by atoms with E-state index in [4.69, 9.17) is 9.47 Å².